The van der Waals surface area contributed by atoms with Crippen LogP contribution in [0, 0.1) is 0 Å². The predicted molar refractivity (Wildman–Crippen MR) is 76.7 cm³/mol. The first-order valence-electron chi connectivity index (χ1n) is 11.5. The lowest BCUT2D eigenvalue weighted by molar-refractivity contribution is 0.104. The molecule has 0 saturated heterocycles. The molecule has 0 aliphatic carbocycles. The van der Waals surface area contributed by atoms with Crippen molar-refractivity contribution in [3.8, 4) is 5.75 Å². The molecule has 0 aromatic heterocycles. The zero-order valence-electron chi connectivity index (χ0n) is 22.5. The molecule has 0 heterocycles. The minimum absolute atomic E-state index is 0.0520. The largest absolute Gasteiger partial charge is 0.491 e. The van der Waals surface area contributed by atoms with E-state index in [1.807, 2.05) is 5.32 Å². The van der Waals surface area contributed by atoms with Crippen molar-refractivity contribution in [1.29, 1.82) is 0 Å². The van der Waals surface area contributed by atoms with Crippen molar-refractivity contribution in [2.75, 3.05) is 26.8 Å². The lowest BCUT2D eigenvalue weighted by atomic mass is 10.1. The number of aryl methyl sites for hydroxylation is 1. The van der Waals surface area contributed by atoms with E-state index in [4.69, 9.17) is 21.2 Å². The summed E-state index contributed by atoms with van der Waals surface area (Å²) in [4.78, 5) is 0. The first-order chi connectivity index (χ1) is 13.7. The second-order valence-corrected chi connectivity index (χ2v) is 3.54. The van der Waals surface area contributed by atoms with Crippen LogP contribution >= 0.6 is 0 Å². The number of hydrogen-bond acceptors (Lipinski definition) is 4. The second kappa shape index (κ2) is 8.91. The SMILES string of the molecule is [2H]C(O)(CNC([2H])(C([2H])([2H])[2H])C([2H])([2H])[2H])COc1ccc(C([2H])([2H])C([2H])([2H])OC)cc1. The van der Waals surface area contributed by atoms with Gasteiger partial charge in [-0.1, -0.05) is 25.8 Å². The molecule has 0 fully saturated rings. The second-order valence-electron chi connectivity index (χ2n) is 3.54. The maximum Gasteiger partial charge on any atom is 0.119 e. The zero-order valence-corrected chi connectivity index (χ0v) is 10.5. The van der Waals surface area contributed by atoms with E-state index in [1.54, 1.807) is 0 Å². The Labute approximate surface area is 132 Å². The number of ether oxygens (including phenoxy) is 2. The third-order valence-electron chi connectivity index (χ3n) is 2.03. The normalized spacial score (nSPS) is 27.1. The van der Waals surface area contributed by atoms with Gasteiger partial charge in [0.15, 0.2) is 0 Å². The van der Waals surface area contributed by atoms with Gasteiger partial charge in [0, 0.05) is 32.0 Å². The Balaban J connectivity index is 2.84. The lowest BCUT2D eigenvalue weighted by Gasteiger charge is -2.15. The standard InChI is InChI=1S/C15H25NO3/c1-12(2)16-10-14(17)11-19-15-6-4-13(5-7-15)8-9-18-3/h4-7,12,14,16-17H,8-11H2,1-3H3/i1D3,2D3,8D2,9D2,12D,14D. The van der Waals surface area contributed by atoms with Gasteiger partial charge < -0.3 is 19.9 Å². The number of nitrogens with one attached hydrogen (secondary N) is 1. The van der Waals surface area contributed by atoms with Crippen molar-refractivity contribution in [2.24, 2.45) is 0 Å². The van der Waals surface area contributed by atoms with Gasteiger partial charge in [0.1, 0.15) is 18.4 Å². The minimum Gasteiger partial charge on any atom is -0.491 e. The predicted octanol–water partition coefficient (Wildman–Crippen LogP) is 1.61. The number of hydrogen-bond donors (Lipinski definition) is 2. The van der Waals surface area contributed by atoms with Gasteiger partial charge in [-0.2, -0.15) is 0 Å². The topological polar surface area (TPSA) is 50.7 Å². The van der Waals surface area contributed by atoms with Crippen molar-refractivity contribution in [1.82, 2.24) is 5.32 Å². The van der Waals surface area contributed by atoms with Gasteiger partial charge in [-0.15, -0.1) is 0 Å². The Morgan fingerprint density at radius 2 is 2.16 bits per heavy atom. The molecule has 1 aromatic rings. The van der Waals surface area contributed by atoms with Crippen LogP contribution in [0.5, 0.6) is 5.75 Å². The summed E-state index contributed by atoms with van der Waals surface area (Å²) in [6.45, 7) is -10.8. The first kappa shape index (κ1) is 5.72. The summed E-state index contributed by atoms with van der Waals surface area (Å²) in [5, 5.41) is 12.0. The first-order valence-corrected chi connectivity index (χ1v) is 5.46. The van der Waals surface area contributed by atoms with Gasteiger partial charge in [0.25, 0.3) is 0 Å². The molecule has 1 aromatic carbocycles. The van der Waals surface area contributed by atoms with Gasteiger partial charge in [0.2, 0.25) is 0 Å². The zero-order chi connectivity index (χ0) is 24.5. The molecule has 4 heteroatoms. The summed E-state index contributed by atoms with van der Waals surface area (Å²) in [7, 11) is 1.03. The fraction of sp³-hybridized carbons (Fsp3) is 0.600. The summed E-state index contributed by atoms with van der Waals surface area (Å²) < 4.78 is 100. The smallest absolute Gasteiger partial charge is 0.119 e. The minimum atomic E-state index is -3.27. The third-order valence-corrected chi connectivity index (χ3v) is 2.03. The fourth-order valence-electron chi connectivity index (χ4n) is 1.15. The van der Waals surface area contributed by atoms with Gasteiger partial charge in [-0.25, -0.2) is 0 Å². The van der Waals surface area contributed by atoms with Gasteiger partial charge in [-0.3, -0.25) is 0 Å². The van der Waals surface area contributed by atoms with Crippen LogP contribution in [0.15, 0.2) is 24.3 Å². The van der Waals surface area contributed by atoms with Gasteiger partial charge in [0.05, 0.1) is 10.7 Å². The van der Waals surface area contributed by atoms with Gasteiger partial charge in [-0.05, 0) is 24.1 Å². The Hall–Kier alpha value is -1.10. The molecule has 0 aliphatic rings. The van der Waals surface area contributed by atoms with Crippen LogP contribution in [0.1, 0.15) is 35.7 Å². The van der Waals surface area contributed by atoms with E-state index in [0.717, 1.165) is 7.11 Å². The van der Waals surface area contributed by atoms with E-state index in [9.17, 15) is 5.11 Å². The van der Waals surface area contributed by atoms with Crippen LogP contribution in [0.2, 0.25) is 0 Å². The molecule has 0 amide bonds. The Bertz CT molecular complexity index is 716. The molecular weight excluding hydrogens is 242 g/mol. The Morgan fingerprint density at radius 1 is 1.42 bits per heavy atom. The highest BCUT2D eigenvalue weighted by molar-refractivity contribution is 5.27. The molecule has 0 saturated carbocycles. The molecule has 2 N–H and O–H groups in total. The summed E-state index contributed by atoms with van der Waals surface area (Å²) in [6, 6.07) is 1.88. The lowest BCUT2D eigenvalue weighted by Crippen LogP contribution is -2.35. The molecule has 108 valence electrons. The van der Waals surface area contributed by atoms with E-state index < -0.39 is 51.9 Å². The van der Waals surface area contributed by atoms with Crippen molar-refractivity contribution >= 4 is 0 Å². The van der Waals surface area contributed by atoms with Crippen molar-refractivity contribution in [3.05, 3.63) is 29.8 Å². The number of aliphatic hydroxyl groups is 1. The molecular formula is C15H25NO3. The molecule has 19 heavy (non-hydrogen) atoms. The van der Waals surface area contributed by atoms with E-state index in [-0.39, 0.29) is 11.3 Å². The average Bonchev–Trinajstić information content (AvgIpc) is 2.63. The van der Waals surface area contributed by atoms with Crippen molar-refractivity contribution in [3.63, 3.8) is 0 Å². The van der Waals surface area contributed by atoms with E-state index >= 15 is 0 Å². The summed E-state index contributed by atoms with van der Waals surface area (Å²) >= 11 is 0. The maximum atomic E-state index is 10.1. The van der Waals surface area contributed by atoms with Crippen molar-refractivity contribution < 1.29 is 31.0 Å². The van der Waals surface area contributed by atoms with E-state index in [1.165, 1.54) is 24.3 Å². The Kier molecular flexibility index (Phi) is 2.68. The van der Waals surface area contributed by atoms with Crippen LogP contribution in [-0.4, -0.2) is 44.0 Å². The maximum absolute atomic E-state index is 10.1. The highest BCUT2D eigenvalue weighted by atomic mass is 16.5. The van der Waals surface area contributed by atoms with Crippen LogP contribution in [-0.2, 0) is 11.1 Å². The fourth-order valence-corrected chi connectivity index (χ4v) is 1.15. The van der Waals surface area contributed by atoms with E-state index in [2.05, 4.69) is 4.74 Å². The molecule has 1 atom stereocenters. The Morgan fingerprint density at radius 3 is 2.79 bits per heavy atom. The monoisotopic (exact) mass is 279 g/mol. The molecule has 0 spiro atoms. The molecule has 4 nitrogen and oxygen atoms in total. The number of benzene rings is 1. The average molecular weight is 279 g/mol. The number of methoxy groups -OCH3 is 1. The van der Waals surface area contributed by atoms with Crippen LogP contribution in [0.25, 0.3) is 0 Å². The summed E-state index contributed by atoms with van der Waals surface area (Å²) in [6.07, 6.45) is -4.98. The van der Waals surface area contributed by atoms with E-state index in [0.29, 0.717) is 0 Å². The number of rotatable bonds is 9. The highest BCUT2D eigenvalue weighted by Gasteiger charge is 2.05. The molecule has 1 rings (SSSR count). The quantitative estimate of drug-likeness (QED) is 0.721. The highest BCUT2D eigenvalue weighted by Crippen LogP contribution is 2.12. The third kappa shape index (κ3) is 7.15. The van der Waals surface area contributed by atoms with Crippen LogP contribution in [0.3, 0.4) is 0 Å². The molecule has 0 radical (unpaired) electrons. The van der Waals surface area contributed by atoms with Gasteiger partial charge >= 0.3 is 0 Å². The summed E-state index contributed by atoms with van der Waals surface area (Å²) in [5.74, 6) is 0.0759. The van der Waals surface area contributed by atoms with Crippen molar-refractivity contribution in [2.45, 2.75) is 32.2 Å². The molecule has 1 unspecified atom stereocenters. The van der Waals surface area contributed by atoms with Crippen LogP contribution < -0.4 is 10.1 Å². The molecule has 0 bridgehead atoms. The van der Waals surface area contributed by atoms with Crippen LogP contribution in [0.4, 0.5) is 0 Å². The summed E-state index contributed by atoms with van der Waals surface area (Å²) in [5.41, 5.74) is -0.0520. The molecule has 0 aliphatic heterocycles.